The summed E-state index contributed by atoms with van der Waals surface area (Å²) in [5.74, 6) is 1.77. The first kappa shape index (κ1) is 17.3. The fourth-order valence-electron chi connectivity index (χ4n) is 4.03. The fourth-order valence-corrected chi connectivity index (χ4v) is 4.03. The summed E-state index contributed by atoms with van der Waals surface area (Å²) >= 11 is 0. The maximum absolute atomic E-state index is 2.73. The molecule has 0 spiro atoms. The van der Waals surface area contributed by atoms with Gasteiger partial charge in [-0.15, -0.1) is 0 Å². The number of hydrogen-bond acceptors (Lipinski definition) is 2. The van der Waals surface area contributed by atoms with Crippen molar-refractivity contribution in [2.45, 2.75) is 53.5 Å². The van der Waals surface area contributed by atoms with Crippen molar-refractivity contribution in [2.24, 2.45) is 11.8 Å². The number of aryl methyl sites for hydroxylation is 1. The highest BCUT2D eigenvalue weighted by Crippen LogP contribution is 2.35. The number of likely N-dealkylation sites (tertiary alicyclic amines) is 1. The molecular weight excluding hydrogens is 268 g/mol. The van der Waals surface area contributed by atoms with Gasteiger partial charge < -0.3 is 4.90 Å². The van der Waals surface area contributed by atoms with E-state index < -0.39 is 0 Å². The molecule has 0 aromatic heterocycles. The third-order valence-corrected chi connectivity index (χ3v) is 5.21. The molecule has 1 aromatic rings. The van der Waals surface area contributed by atoms with E-state index in [1.54, 1.807) is 0 Å². The van der Waals surface area contributed by atoms with Gasteiger partial charge in [-0.2, -0.15) is 0 Å². The minimum Gasteiger partial charge on any atom is -0.371 e. The molecule has 2 heteroatoms. The quantitative estimate of drug-likeness (QED) is 0.803. The summed E-state index contributed by atoms with van der Waals surface area (Å²) in [5, 5.41) is 0. The Morgan fingerprint density at radius 2 is 1.73 bits per heavy atom. The lowest BCUT2D eigenvalue weighted by atomic mass is 10.0. The van der Waals surface area contributed by atoms with Crippen LogP contribution >= 0.6 is 0 Å². The van der Waals surface area contributed by atoms with Gasteiger partial charge in [0.25, 0.3) is 0 Å². The van der Waals surface area contributed by atoms with E-state index in [2.05, 4.69) is 54.8 Å². The standard InChI is InChI=1S/C18H28N2.C2H6/c1-4-6-15(3)19-10-16-12-20(13-17(16)11-19)18-8-5-7-14(2)9-18;1-2/h5,7-9,15-17H,4,6,10-13H2,1-3H3;1-2H3. The van der Waals surface area contributed by atoms with Crippen LogP contribution in [0.5, 0.6) is 0 Å². The number of fused-ring (bicyclic) bond motifs is 1. The monoisotopic (exact) mass is 302 g/mol. The Morgan fingerprint density at radius 1 is 1.09 bits per heavy atom. The Bertz CT molecular complexity index is 443. The van der Waals surface area contributed by atoms with Gasteiger partial charge in [0, 0.05) is 37.9 Å². The van der Waals surface area contributed by atoms with E-state index in [9.17, 15) is 0 Å². The maximum atomic E-state index is 2.73. The Labute approximate surface area is 137 Å². The van der Waals surface area contributed by atoms with E-state index in [0.717, 1.165) is 17.9 Å². The summed E-state index contributed by atoms with van der Waals surface area (Å²) in [4.78, 5) is 5.33. The molecular formula is C20H34N2. The molecule has 3 rings (SSSR count). The third-order valence-electron chi connectivity index (χ3n) is 5.21. The van der Waals surface area contributed by atoms with Gasteiger partial charge in [-0.3, -0.25) is 4.90 Å². The zero-order valence-electron chi connectivity index (χ0n) is 15.2. The molecule has 2 aliphatic rings. The van der Waals surface area contributed by atoms with Crippen molar-refractivity contribution in [2.75, 3.05) is 31.1 Å². The summed E-state index contributed by atoms with van der Waals surface area (Å²) in [6.07, 6.45) is 2.66. The van der Waals surface area contributed by atoms with Crippen LogP contribution in [0.1, 0.15) is 46.1 Å². The van der Waals surface area contributed by atoms with Gasteiger partial charge in [-0.1, -0.05) is 39.3 Å². The molecule has 3 unspecified atom stereocenters. The molecule has 124 valence electrons. The first-order valence-corrected chi connectivity index (χ1v) is 9.23. The second kappa shape index (κ2) is 8.01. The average Bonchev–Trinajstić information content (AvgIpc) is 3.08. The summed E-state index contributed by atoms with van der Waals surface area (Å²) in [6, 6.07) is 9.76. The Hall–Kier alpha value is -1.02. The molecule has 2 fully saturated rings. The van der Waals surface area contributed by atoms with Gasteiger partial charge in [0.2, 0.25) is 0 Å². The number of nitrogens with zero attached hydrogens (tertiary/aromatic N) is 2. The Morgan fingerprint density at radius 3 is 2.27 bits per heavy atom. The van der Waals surface area contributed by atoms with Gasteiger partial charge in [0.15, 0.2) is 0 Å². The van der Waals surface area contributed by atoms with Crippen molar-refractivity contribution in [3.05, 3.63) is 29.8 Å². The summed E-state index contributed by atoms with van der Waals surface area (Å²) < 4.78 is 0. The molecule has 3 atom stereocenters. The SMILES string of the molecule is CC.CCCC(C)N1CC2CN(c3cccc(C)c3)CC2C1. The predicted molar refractivity (Wildman–Crippen MR) is 97.7 cm³/mol. The highest BCUT2D eigenvalue weighted by atomic mass is 15.2. The predicted octanol–water partition coefficient (Wildman–Crippen LogP) is 4.58. The molecule has 2 aliphatic heterocycles. The van der Waals surface area contributed by atoms with Crippen LogP contribution in [0, 0.1) is 18.8 Å². The van der Waals surface area contributed by atoms with E-state index in [0.29, 0.717) is 0 Å². The molecule has 0 amide bonds. The van der Waals surface area contributed by atoms with Crippen molar-refractivity contribution in [3.63, 3.8) is 0 Å². The Kier molecular flexibility index (Phi) is 6.31. The van der Waals surface area contributed by atoms with E-state index in [4.69, 9.17) is 0 Å². The van der Waals surface area contributed by atoms with Crippen LogP contribution in [0.25, 0.3) is 0 Å². The van der Waals surface area contributed by atoms with Crippen molar-refractivity contribution in [1.29, 1.82) is 0 Å². The maximum Gasteiger partial charge on any atom is 0.0369 e. The van der Waals surface area contributed by atoms with Crippen LogP contribution in [-0.2, 0) is 0 Å². The lowest BCUT2D eigenvalue weighted by molar-refractivity contribution is 0.231. The normalized spacial score (nSPS) is 25.6. The van der Waals surface area contributed by atoms with E-state index in [1.165, 1.54) is 50.3 Å². The van der Waals surface area contributed by atoms with Crippen LogP contribution in [0.15, 0.2) is 24.3 Å². The van der Waals surface area contributed by atoms with Crippen molar-refractivity contribution in [3.8, 4) is 0 Å². The zero-order valence-corrected chi connectivity index (χ0v) is 15.2. The van der Waals surface area contributed by atoms with Crippen molar-refractivity contribution >= 4 is 5.69 Å². The molecule has 0 radical (unpaired) electrons. The van der Waals surface area contributed by atoms with Crippen molar-refractivity contribution in [1.82, 2.24) is 4.90 Å². The van der Waals surface area contributed by atoms with E-state index >= 15 is 0 Å². The van der Waals surface area contributed by atoms with Crippen LogP contribution in [0.3, 0.4) is 0 Å². The second-order valence-corrected chi connectivity index (χ2v) is 6.86. The molecule has 1 aromatic carbocycles. The van der Waals surface area contributed by atoms with Crippen molar-refractivity contribution < 1.29 is 0 Å². The number of hydrogen-bond donors (Lipinski definition) is 0. The summed E-state index contributed by atoms with van der Waals surface area (Å²) in [7, 11) is 0. The lowest BCUT2D eigenvalue weighted by Gasteiger charge is -2.27. The molecule has 0 aliphatic carbocycles. The molecule has 0 bridgehead atoms. The van der Waals surface area contributed by atoms with Gasteiger partial charge in [0.05, 0.1) is 0 Å². The smallest absolute Gasteiger partial charge is 0.0369 e. The van der Waals surface area contributed by atoms with E-state index in [-0.39, 0.29) is 0 Å². The Balaban J connectivity index is 0.000000847. The zero-order chi connectivity index (χ0) is 16.1. The molecule has 2 saturated heterocycles. The highest BCUT2D eigenvalue weighted by molar-refractivity contribution is 5.49. The van der Waals surface area contributed by atoms with Crippen LogP contribution in [0.2, 0.25) is 0 Å². The number of benzene rings is 1. The third kappa shape index (κ3) is 3.84. The first-order chi connectivity index (χ1) is 10.7. The molecule has 0 saturated carbocycles. The first-order valence-electron chi connectivity index (χ1n) is 9.23. The second-order valence-electron chi connectivity index (χ2n) is 6.86. The summed E-state index contributed by atoms with van der Waals surface area (Å²) in [6.45, 7) is 16.0. The van der Waals surface area contributed by atoms with Crippen LogP contribution < -0.4 is 4.90 Å². The molecule has 2 nitrogen and oxygen atoms in total. The molecule has 2 heterocycles. The van der Waals surface area contributed by atoms with E-state index in [1.807, 2.05) is 13.8 Å². The lowest BCUT2D eigenvalue weighted by Crippen LogP contribution is -2.34. The molecule has 22 heavy (non-hydrogen) atoms. The summed E-state index contributed by atoms with van der Waals surface area (Å²) in [5.41, 5.74) is 2.80. The van der Waals surface area contributed by atoms with Gasteiger partial charge >= 0.3 is 0 Å². The van der Waals surface area contributed by atoms with Gasteiger partial charge in [-0.25, -0.2) is 0 Å². The highest BCUT2D eigenvalue weighted by Gasteiger charge is 2.40. The average molecular weight is 303 g/mol. The van der Waals surface area contributed by atoms with Crippen LogP contribution in [0.4, 0.5) is 5.69 Å². The fraction of sp³-hybridized carbons (Fsp3) is 0.700. The molecule has 0 N–H and O–H groups in total. The van der Waals surface area contributed by atoms with Gasteiger partial charge in [0.1, 0.15) is 0 Å². The number of rotatable bonds is 4. The van der Waals surface area contributed by atoms with Gasteiger partial charge in [-0.05, 0) is 49.8 Å². The minimum atomic E-state index is 0.776. The minimum absolute atomic E-state index is 0.776. The largest absolute Gasteiger partial charge is 0.371 e. The van der Waals surface area contributed by atoms with Crippen LogP contribution in [-0.4, -0.2) is 37.1 Å². The topological polar surface area (TPSA) is 6.48 Å². The number of anilines is 1.